The highest BCUT2D eigenvalue weighted by Gasteiger charge is 2.29. The number of nitrogens with zero attached hydrogens (tertiary/aromatic N) is 2. The number of para-hydroxylation sites is 2. The Morgan fingerprint density at radius 3 is 1.50 bits per heavy atom. The molecule has 2 amide bonds. The van der Waals surface area contributed by atoms with Crippen LogP contribution >= 0.6 is 0 Å². The predicted octanol–water partition coefficient (Wildman–Crippen LogP) is 5.58. The van der Waals surface area contributed by atoms with Crippen molar-refractivity contribution in [2.24, 2.45) is 0 Å². The van der Waals surface area contributed by atoms with Crippen molar-refractivity contribution in [3.05, 3.63) is 130 Å². The first-order valence-corrected chi connectivity index (χ1v) is 17.3. The summed E-state index contributed by atoms with van der Waals surface area (Å²) >= 11 is 0. The Balaban J connectivity index is 1.37. The number of hydrogen-bond donors (Lipinski definition) is 2. The summed E-state index contributed by atoms with van der Waals surface area (Å²) in [5.41, 5.74) is 4.81. The molecule has 0 bridgehead atoms. The molecule has 0 saturated carbocycles. The number of hydrogen-bond acceptors (Lipinski definition) is 7. The van der Waals surface area contributed by atoms with E-state index in [0.717, 1.165) is 22.3 Å². The van der Waals surface area contributed by atoms with Gasteiger partial charge in [0.1, 0.15) is 30.3 Å². The molecule has 0 aliphatic carbocycles. The molecule has 9 heteroatoms. The Morgan fingerprint density at radius 1 is 0.640 bits per heavy atom. The Morgan fingerprint density at radius 2 is 1.06 bits per heavy atom. The summed E-state index contributed by atoms with van der Waals surface area (Å²) in [6, 6.07) is 29.5. The van der Waals surface area contributed by atoms with Crippen molar-refractivity contribution < 1.29 is 34.1 Å². The van der Waals surface area contributed by atoms with Crippen molar-refractivity contribution in [2.45, 2.75) is 58.8 Å². The lowest BCUT2D eigenvalue weighted by Gasteiger charge is -2.25. The molecule has 0 aliphatic heterocycles. The maximum Gasteiger partial charge on any atom is 0.253 e. The van der Waals surface area contributed by atoms with Gasteiger partial charge in [-0.05, 0) is 86.3 Å². The average molecular weight is 681 g/mol. The Labute approximate surface area is 295 Å². The van der Waals surface area contributed by atoms with E-state index in [1.807, 2.05) is 94.4 Å². The van der Waals surface area contributed by atoms with Gasteiger partial charge in [-0.1, -0.05) is 60.7 Å². The van der Waals surface area contributed by atoms with E-state index in [1.165, 1.54) is 0 Å². The fraction of sp³-hybridized carbons (Fsp3) is 0.341. The van der Waals surface area contributed by atoms with Crippen LogP contribution < -0.4 is 9.47 Å². The summed E-state index contributed by atoms with van der Waals surface area (Å²) in [5, 5.41) is 21.8. The number of carbonyl (C=O) groups excluding carboxylic acids is 3. The molecule has 2 N–H and O–H groups in total. The third kappa shape index (κ3) is 9.80. The van der Waals surface area contributed by atoms with Gasteiger partial charge in [0.2, 0.25) is 0 Å². The number of amides is 2. The molecule has 4 aromatic carbocycles. The van der Waals surface area contributed by atoms with Crippen molar-refractivity contribution in [3.63, 3.8) is 0 Å². The minimum atomic E-state index is -1.56. The second-order valence-electron chi connectivity index (χ2n) is 12.0. The standard InChI is InChI=1S/C41H48N2O7/c1-5-42(6-2)40(47)31-21-17-29(18-22-31)25-33-13-9-11-15-36(33)49-28-35(45)39(46)38(27-44)50-37-16-12-10-14-34(37)26-30-19-23-32(24-20-30)41(48)43(7-3)8-4/h9-24,27,35,38-39,45-46H,5-8,25-26,28H2,1-4H3. The van der Waals surface area contributed by atoms with E-state index >= 15 is 0 Å². The van der Waals surface area contributed by atoms with Gasteiger partial charge in [0, 0.05) is 50.1 Å². The largest absolute Gasteiger partial charge is 0.490 e. The molecular formula is C41H48N2O7. The zero-order chi connectivity index (χ0) is 36.0. The van der Waals surface area contributed by atoms with Crippen molar-refractivity contribution in [1.82, 2.24) is 9.80 Å². The van der Waals surface area contributed by atoms with Gasteiger partial charge in [-0.15, -0.1) is 0 Å². The summed E-state index contributed by atoms with van der Waals surface area (Å²) in [4.78, 5) is 41.0. The average Bonchev–Trinajstić information content (AvgIpc) is 3.15. The van der Waals surface area contributed by atoms with Gasteiger partial charge >= 0.3 is 0 Å². The van der Waals surface area contributed by atoms with E-state index in [1.54, 1.807) is 40.1 Å². The lowest BCUT2D eigenvalue weighted by Crippen LogP contribution is -2.44. The Bertz CT molecular complexity index is 1680. The zero-order valence-electron chi connectivity index (χ0n) is 29.3. The fourth-order valence-corrected chi connectivity index (χ4v) is 5.73. The number of carbonyl (C=O) groups is 3. The van der Waals surface area contributed by atoms with Crippen LogP contribution in [0.25, 0.3) is 0 Å². The van der Waals surface area contributed by atoms with Crippen molar-refractivity contribution in [1.29, 1.82) is 0 Å². The highest BCUT2D eigenvalue weighted by atomic mass is 16.5. The van der Waals surface area contributed by atoms with Crippen LogP contribution in [0.3, 0.4) is 0 Å². The van der Waals surface area contributed by atoms with Crippen LogP contribution in [-0.4, -0.2) is 89.2 Å². The summed E-state index contributed by atoms with van der Waals surface area (Å²) in [6.07, 6.45) is -2.87. The molecule has 0 saturated heterocycles. The molecule has 50 heavy (non-hydrogen) atoms. The third-order valence-electron chi connectivity index (χ3n) is 8.78. The lowest BCUT2D eigenvalue weighted by atomic mass is 10.0. The minimum Gasteiger partial charge on any atom is -0.490 e. The first kappa shape index (κ1) is 37.8. The molecule has 3 unspecified atom stereocenters. The number of aliphatic hydroxyl groups excluding tert-OH is 2. The second-order valence-corrected chi connectivity index (χ2v) is 12.0. The Hall–Kier alpha value is -4.99. The molecule has 264 valence electrons. The van der Waals surface area contributed by atoms with Crippen LogP contribution in [0.5, 0.6) is 11.5 Å². The summed E-state index contributed by atoms with van der Waals surface area (Å²) in [7, 11) is 0. The number of aliphatic hydroxyl groups is 2. The van der Waals surface area contributed by atoms with Crippen molar-refractivity contribution in [2.75, 3.05) is 32.8 Å². The maximum atomic E-state index is 12.7. The van der Waals surface area contributed by atoms with E-state index in [9.17, 15) is 24.6 Å². The van der Waals surface area contributed by atoms with Crippen molar-refractivity contribution >= 4 is 18.1 Å². The number of benzene rings is 4. The van der Waals surface area contributed by atoms with E-state index < -0.39 is 18.3 Å². The minimum absolute atomic E-state index is 0.00570. The second kappa shape index (κ2) is 18.7. The summed E-state index contributed by atoms with van der Waals surface area (Å²) in [5.74, 6) is 0.902. The molecule has 0 aliphatic rings. The van der Waals surface area contributed by atoms with Gasteiger partial charge in [-0.3, -0.25) is 14.4 Å². The Kier molecular flexibility index (Phi) is 14.1. The SMILES string of the molecule is CCN(CC)C(=O)c1ccc(Cc2ccccc2OCC(O)C(O)C(C=O)Oc2ccccc2Cc2ccc(C(=O)N(CC)CC)cc2)cc1. The topological polar surface area (TPSA) is 117 Å². The van der Waals surface area contributed by atoms with E-state index in [2.05, 4.69) is 0 Å². The van der Waals surface area contributed by atoms with Gasteiger partial charge in [0.05, 0.1) is 0 Å². The first-order valence-electron chi connectivity index (χ1n) is 17.3. The van der Waals surface area contributed by atoms with Gasteiger partial charge < -0.3 is 29.5 Å². The molecule has 0 heterocycles. The normalized spacial score (nSPS) is 12.8. The third-order valence-corrected chi connectivity index (χ3v) is 8.78. The molecule has 4 rings (SSSR count). The molecular weight excluding hydrogens is 632 g/mol. The predicted molar refractivity (Wildman–Crippen MR) is 194 cm³/mol. The number of aldehydes is 1. The highest BCUT2D eigenvalue weighted by molar-refractivity contribution is 5.94. The fourth-order valence-electron chi connectivity index (χ4n) is 5.73. The number of rotatable bonds is 18. The molecule has 0 radical (unpaired) electrons. The van der Waals surface area contributed by atoms with Gasteiger partial charge in [-0.2, -0.15) is 0 Å². The molecule has 4 aromatic rings. The quantitative estimate of drug-likeness (QED) is 0.132. The highest BCUT2D eigenvalue weighted by Crippen LogP contribution is 2.25. The first-order chi connectivity index (χ1) is 24.2. The van der Waals surface area contributed by atoms with Crippen LogP contribution in [0.15, 0.2) is 97.1 Å². The van der Waals surface area contributed by atoms with Crippen LogP contribution in [-0.2, 0) is 17.6 Å². The van der Waals surface area contributed by atoms with Gasteiger partial charge in [-0.25, -0.2) is 0 Å². The van der Waals surface area contributed by atoms with E-state index in [0.29, 0.717) is 67.9 Å². The smallest absolute Gasteiger partial charge is 0.253 e. The van der Waals surface area contributed by atoms with Crippen LogP contribution in [0, 0.1) is 0 Å². The monoisotopic (exact) mass is 680 g/mol. The maximum absolute atomic E-state index is 12.7. The molecule has 0 fully saturated rings. The summed E-state index contributed by atoms with van der Waals surface area (Å²) in [6.45, 7) is 10.1. The van der Waals surface area contributed by atoms with Crippen LogP contribution in [0.1, 0.15) is 70.7 Å². The van der Waals surface area contributed by atoms with E-state index in [-0.39, 0.29) is 18.4 Å². The van der Waals surface area contributed by atoms with Gasteiger partial charge in [0.15, 0.2) is 12.4 Å². The van der Waals surface area contributed by atoms with Crippen molar-refractivity contribution in [3.8, 4) is 11.5 Å². The molecule has 9 nitrogen and oxygen atoms in total. The lowest BCUT2D eigenvalue weighted by molar-refractivity contribution is -0.124. The zero-order valence-corrected chi connectivity index (χ0v) is 29.3. The molecule has 0 aromatic heterocycles. The van der Waals surface area contributed by atoms with Crippen LogP contribution in [0.4, 0.5) is 0 Å². The molecule has 0 spiro atoms. The van der Waals surface area contributed by atoms with Crippen LogP contribution in [0.2, 0.25) is 0 Å². The van der Waals surface area contributed by atoms with E-state index in [4.69, 9.17) is 9.47 Å². The van der Waals surface area contributed by atoms with Gasteiger partial charge in [0.25, 0.3) is 11.8 Å². The molecule has 3 atom stereocenters. The number of ether oxygens (including phenoxy) is 2. The summed E-state index contributed by atoms with van der Waals surface area (Å²) < 4.78 is 11.9.